The Labute approximate surface area is 110 Å². The molecule has 0 bridgehead atoms. The largest absolute Gasteiger partial charge is 0.478 e. The third-order valence-electron chi connectivity index (χ3n) is 3.21. The van der Waals surface area contributed by atoms with Gasteiger partial charge in [0, 0.05) is 13.1 Å². The second kappa shape index (κ2) is 4.68. The number of furan rings is 1. The number of hydrogen-bond donors (Lipinski definition) is 2. The lowest BCUT2D eigenvalue weighted by Gasteiger charge is -2.31. The second-order valence-corrected chi connectivity index (χ2v) is 4.46. The molecule has 1 aromatic heterocycles. The van der Waals surface area contributed by atoms with E-state index in [0.717, 1.165) is 30.2 Å². The van der Waals surface area contributed by atoms with Gasteiger partial charge in [0.1, 0.15) is 5.76 Å². The molecule has 2 N–H and O–H groups in total. The van der Waals surface area contributed by atoms with E-state index in [2.05, 4.69) is 10.2 Å². The third kappa shape index (κ3) is 2.27. The van der Waals surface area contributed by atoms with E-state index in [9.17, 15) is 4.79 Å². The molecular weight excluding hydrogens is 244 g/mol. The molecular formula is C14H14N2O3. The van der Waals surface area contributed by atoms with E-state index < -0.39 is 5.97 Å². The van der Waals surface area contributed by atoms with Crippen molar-refractivity contribution in [2.75, 3.05) is 23.3 Å². The molecule has 2 aromatic rings. The van der Waals surface area contributed by atoms with Gasteiger partial charge in [-0.1, -0.05) is 0 Å². The molecule has 0 saturated carbocycles. The van der Waals surface area contributed by atoms with Crippen LogP contribution in [0.15, 0.2) is 41.0 Å². The molecule has 1 aromatic carbocycles. The van der Waals surface area contributed by atoms with Crippen LogP contribution in [0.25, 0.3) is 0 Å². The average Bonchev–Trinajstić information content (AvgIpc) is 2.91. The highest BCUT2D eigenvalue weighted by molar-refractivity contribution is 5.91. The fourth-order valence-corrected chi connectivity index (χ4v) is 2.28. The molecule has 0 radical (unpaired) electrons. The van der Waals surface area contributed by atoms with Gasteiger partial charge >= 0.3 is 5.97 Å². The summed E-state index contributed by atoms with van der Waals surface area (Å²) in [5.41, 5.74) is 2.16. The molecule has 1 aliphatic rings. The van der Waals surface area contributed by atoms with Crippen LogP contribution in [0.3, 0.4) is 0 Å². The van der Waals surface area contributed by atoms with Crippen LogP contribution in [0.5, 0.6) is 0 Å². The highest BCUT2D eigenvalue weighted by Gasteiger charge is 2.19. The maximum Gasteiger partial charge on any atom is 0.335 e. The van der Waals surface area contributed by atoms with Gasteiger partial charge in [0.15, 0.2) is 0 Å². The quantitative estimate of drug-likeness (QED) is 0.885. The van der Waals surface area contributed by atoms with Crippen LogP contribution in [0.2, 0.25) is 0 Å². The van der Waals surface area contributed by atoms with E-state index in [1.807, 2.05) is 18.2 Å². The minimum atomic E-state index is -0.911. The monoisotopic (exact) mass is 258 g/mol. The molecule has 19 heavy (non-hydrogen) atoms. The maximum atomic E-state index is 11.1. The topological polar surface area (TPSA) is 65.7 Å². The van der Waals surface area contributed by atoms with Crippen LogP contribution < -0.4 is 10.2 Å². The molecule has 98 valence electrons. The SMILES string of the molecule is O=C(O)c1ccc2c(c1)N(Cc1ccco1)CCN2. The normalized spacial score (nSPS) is 13.8. The van der Waals surface area contributed by atoms with Crippen LogP contribution in [0.1, 0.15) is 16.1 Å². The average molecular weight is 258 g/mol. The first-order valence-electron chi connectivity index (χ1n) is 6.12. The van der Waals surface area contributed by atoms with Crippen LogP contribution in [-0.4, -0.2) is 24.2 Å². The predicted octanol–water partition coefficient (Wildman–Crippen LogP) is 2.41. The van der Waals surface area contributed by atoms with Crippen molar-refractivity contribution in [3.05, 3.63) is 47.9 Å². The Balaban J connectivity index is 1.93. The Hall–Kier alpha value is -2.43. The Morgan fingerprint density at radius 1 is 1.42 bits per heavy atom. The number of benzene rings is 1. The van der Waals surface area contributed by atoms with Gasteiger partial charge in [-0.3, -0.25) is 0 Å². The molecule has 0 atom stereocenters. The van der Waals surface area contributed by atoms with Crippen LogP contribution in [0, 0.1) is 0 Å². The highest BCUT2D eigenvalue weighted by Crippen LogP contribution is 2.31. The van der Waals surface area contributed by atoms with Gasteiger partial charge in [-0.2, -0.15) is 0 Å². The van der Waals surface area contributed by atoms with Crippen molar-refractivity contribution < 1.29 is 14.3 Å². The van der Waals surface area contributed by atoms with Crippen molar-refractivity contribution in [1.82, 2.24) is 0 Å². The molecule has 0 amide bonds. The zero-order chi connectivity index (χ0) is 13.2. The molecule has 0 spiro atoms. The lowest BCUT2D eigenvalue weighted by Crippen LogP contribution is -2.33. The molecule has 0 unspecified atom stereocenters. The van der Waals surface area contributed by atoms with Gasteiger partial charge in [0.25, 0.3) is 0 Å². The summed E-state index contributed by atoms with van der Waals surface area (Å²) >= 11 is 0. The van der Waals surface area contributed by atoms with E-state index in [1.54, 1.807) is 18.4 Å². The number of hydrogen-bond acceptors (Lipinski definition) is 4. The summed E-state index contributed by atoms with van der Waals surface area (Å²) in [5, 5.41) is 12.3. The zero-order valence-corrected chi connectivity index (χ0v) is 10.3. The van der Waals surface area contributed by atoms with Crippen molar-refractivity contribution in [1.29, 1.82) is 0 Å². The molecule has 0 aliphatic carbocycles. The molecule has 2 heterocycles. The summed E-state index contributed by atoms with van der Waals surface area (Å²) in [5.74, 6) is -0.0418. The standard InChI is InChI=1S/C14H14N2O3/c17-14(18)10-3-4-12-13(8-10)16(6-5-15-12)9-11-2-1-7-19-11/h1-4,7-8,15H,5-6,9H2,(H,17,18). The number of anilines is 2. The third-order valence-corrected chi connectivity index (χ3v) is 3.21. The van der Waals surface area contributed by atoms with Gasteiger partial charge in [-0.25, -0.2) is 4.79 Å². The van der Waals surface area contributed by atoms with Crippen molar-refractivity contribution in [3.8, 4) is 0 Å². The molecule has 1 aliphatic heterocycles. The number of carboxylic acids is 1. The van der Waals surface area contributed by atoms with Gasteiger partial charge in [-0.15, -0.1) is 0 Å². The van der Waals surface area contributed by atoms with Crippen molar-refractivity contribution in [2.24, 2.45) is 0 Å². The van der Waals surface area contributed by atoms with Gasteiger partial charge in [0.05, 0.1) is 29.7 Å². The summed E-state index contributed by atoms with van der Waals surface area (Å²) in [6.07, 6.45) is 1.64. The fourth-order valence-electron chi connectivity index (χ4n) is 2.28. The summed E-state index contributed by atoms with van der Waals surface area (Å²) in [4.78, 5) is 13.2. The molecule has 5 nitrogen and oxygen atoms in total. The molecule has 3 rings (SSSR count). The smallest absolute Gasteiger partial charge is 0.335 e. The fraction of sp³-hybridized carbons (Fsp3) is 0.214. The first-order valence-corrected chi connectivity index (χ1v) is 6.12. The number of fused-ring (bicyclic) bond motifs is 1. The lowest BCUT2D eigenvalue weighted by atomic mass is 10.1. The molecule has 0 saturated heterocycles. The molecule has 5 heteroatoms. The van der Waals surface area contributed by atoms with E-state index in [1.165, 1.54) is 0 Å². The zero-order valence-electron chi connectivity index (χ0n) is 10.3. The van der Waals surface area contributed by atoms with E-state index in [0.29, 0.717) is 12.1 Å². The highest BCUT2D eigenvalue weighted by atomic mass is 16.4. The number of rotatable bonds is 3. The van der Waals surface area contributed by atoms with Gasteiger partial charge in [0.2, 0.25) is 0 Å². The number of carboxylic acid groups (broad SMARTS) is 1. The van der Waals surface area contributed by atoms with Gasteiger partial charge < -0.3 is 19.7 Å². The van der Waals surface area contributed by atoms with E-state index in [-0.39, 0.29) is 0 Å². The Morgan fingerprint density at radius 3 is 3.05 bits per heavy atom. The Bertz CT molecular complexity index is 593. The number of aromatic carboxylic acids is 1. The second-order valence-electron chi connectivity index (χ2n) is 4.46. The van der Waals surface area contributed by atoms with Crippen LogP contribution in [-0.2, 0) is 6.54 Å². The number of nitrogens with one attached hydrogen (secondary N) is 1. The summed E-state index contributed by atoms with van der Waals surface area (Å²) in [7, 11) is 0. The van der Waals surface area contributed by atoms with E-state index >= 15 is 0 Å². The predicted molar refractivity (Wildman–Crippen MR) is 71.6 cm³/mol. The Kier molecular flexibility index (Phi) is 2.87. The van der Waals surface area contributed by atoms with Crippen molar-refractivity contribution in [3.63, 3.8) is 0 Å². The lowest BCUT2D eigenvalue weighted by molar-refractivity contribution is 0.0697. The van der Waals surface area contributed by atoms with Gasteiger partial charge in [-0.05, 0) is 30.3 Å². The van der Waals surface area contributed by atoms with Crippen LogP contribution in [0.4, 0.5) is 11.4 Å². The summed E-state index contributed by atoms with van der Waals surface area (Å²) in [6, 6.07) is 8.90. The Morgan fingerprint density at radius 2 is 2.32 bits per heavy atom. The van der Waals surface area contributed by atoms with E-state index in [4.69, 9.17) is 9.52 Å². The number of carbonyl (C=O) groups is 1. The molecule has 0 fully saturated rings. The van der Waals surface area contributed by atoms with Crippen molar-refractivity contribution >= 4 is 17.3 Å². The summed E-state index contributed by atoms with van der Waals surface area (Å²) in [6.45, 7) is 2.29. The van der Waals surface area contributed by atoms with Crippen molar-refractivity contribution in [2.45, 2.75) is 6.54 Å². The first-order chi connectivity index (χ1) is 9.24. The number of nitrogens with zero attached hydrogens (tertiary/aromatic N) is 1. The minimum absolute atomic E-state index is 0.298. The first kappa shape index (κ1) is 11.6. The van der Waals surface area contributed by atoms with Crippen LogP contribution >= 0.6 is 0 Å². The minimum Gasteiger partial charge on any atom is -0.478 e. The maximum absolute atomic E-state index is 11.1. The summed E-state index contributed by atoms with van der Waals surface area (Å²) < 4.78 is 5.35.